The molecule has 3 saturated carbocycles. The molecule has 3 aliphatic carbocycles. The van der Waals surface area contributed by atoms with Crippen LogP contribution in [0.1, 0.15) is 32.6 Å². The lowest BCUT2D eigenvalue weighted by Crippen LogP contribution is -2.47. The highest BCUT2D eigenvalue weighted by Gasteiger charge is 2.65. The fourth-order valence-electron chi connectivity index (χ4n) is 4.21. The van der Waals surface area contributed by atoms with Crippen molar-refractivity contribution >= 4 is 12.0 Å². The zero-order valence-corrected chi connectivity index (χ0v) is 10.6. The standard InChI is InChI=1S/C13H20N2O3/c1-2-8(12(16)17)14-13(18)15-11-9-6-3-4-7(5-6)10(9)11/h6-11H,2-5H2,1H3,(H,16,17)(H2,14,15,18)/t6?,7?,8-,9?,10?,11?/m1/s1. The lowest BCUT2D eigenvalue weighted by molar-refractivity contribution is -0.139. The summed E-state index contributed by atoms with van der Waals surface area (Å²) in [5.41, 5.74) is 0. The van der Waals surface area contributed by atoms with Crippen LogP contribution in [0.5, 0.6) is 0 Å². The van der Waals surface area contributed by atoms with E-state index in [4.69, 9.17) is 5.11 Å². The summed E-state index contributed by atoms with van der Waals surface area (Å²) in [4.78, 5) is 22.6. The second-order valence-corrected chi connectivity index (χ2v) is 5.93. The maximum absolute atomic E-state index is 11.7. The number of urea groups is 1. The molecule has 3 rings (SSSR count). The normalized spacial score (nSPS) is 41.1. The van der Waals surface area contributed by atoms with E-state index < -0.39 is 12.0 Å². The molecular formula is C13H20N2O3. The number of amides is 2. The van der Waals surface area contributed by atoms with Gasteiger partial charge in [-0.3, -0.25) is 0 Å². The van der Waals surface area contributed by atoms with Crippen LogP contribution < -0.4 is 10.6 Å². The number of carbonyl (C=O) groups is 2. The van der Waals surface area contributed by atoms with Crippen LogP contribution >= 0.6 is 0 Å². The molecule has 18 heavy (non-hydrogen) atoms. The van der Waals surface area contributed by atoms with E-state index >= 15 is 0 Å². The minimum absolute atomic E-state index is 0.308. The van der Waals surface area contributed by atoms with Crippen LogP contribution in [-0.2, 0) is 4.79 Å². The summed E-state index contributed by atoms with van der Waals surface area (Å²) < 4.78 is 0. The number of fused-ring (bicyclic) bond motifs is 5. The highest BCUT2D eigenvalue weighted by Crippen LogP contribution is 2.65. The van der Waals surface area contributed by atoms with Crippen molar-refractivity contribution in [3.63, 3.8) is 0 Å². The summed E-state index contributed by atoms with van der Waals surface area (Å²) in [6, 6.07) is -0.786. The lowest BCUT2D eigenvalue weighted by Gasteiger charge is -2.15. The topological polar surface area (TPSA) is 78.4 Å². The summed E-state index contributed by atoms with van der Waals surface area (Å²) in [6.07, 6.45) is 4.39. The van der Waals surface area contributed by atoms with Gasteiger partial charge in [-0.1, -0.05) is 6.92 Å². The molecule has 0 spiro atoms. The highest BCUT2D eigenvalue weighted by molar-refractivity contribution is 5.82. The van der Waals surface area contributed by atoms with Gasteiger partial charge in [0, 0.05) is 6.04 Å². The van der Waals surface area contributed by atoms with Crippen LogP contribution in [0.2, 0.25) is 0 Å². The van der Waals surface area contributed by atoms with Gasteiger partial charge in [0.1, 0.15) is 6.04 Å². The Balaban J connectivity index is 1.50. The van der Waals surface area contributed by atoms with Crippen LogP contribution in [0.4, 0.5) is 4.79 Å². The Morgan fingerprint density at radius 2 is 1.89 bits per heavy atom. The first-order valence-corrected chi connectivity index (χ1v) is 6.91. The van der Waals surface area contributed by atoms with Crippen molar-refractivity contribution in [1.82, 2.24) is 10.6 Å². The Bertz CT molecular complexity index is 368. The summed E-state index contributed by atoms with van der Waals surface area (Å²) >= 11 is 0. The first kappa shape index (κ1) is 11.8. The fraction of sp³-hybridized carbons (Fsp3) is 0.846. The van der Waals surface area contributed by atoms with E-state index in [0.29, 0.717) is 24.3 Å². The van der Waals surface area contributed by atoms with Crippen molar-refractivity contribution in [2.24, 2.45) is 23.7 Å². The van der Waals surface area contributed by atoms with Crippen molar-refractivity contribution < 1.29 is 14.7 Å². The summed E-state index contributed by atoms with van der Waals surface area (Å²) in [7, 11) is 0. The molecule has 3 N–H and O–H groups in total. The third-order valence-electron chi connectivity index (χ3n) is 5.04. The number of carboxylic acids is 1. The zero-order valence-electron chi connectivity index (χ0n) is 10.6. The third kappa shape index (κ3) is 1.76. The smallest absolute Gasteiger partial charge is 0.326 e. The van der Waals surface area contributed by atoms with Crippen LogP contribution in [0.3, 0.4) is 0 Å². The SMILES string of the molecule is CC[C@@H](NC(=O)NC1C2C3CCC(C3)C12)C(=O)O. The Hall–Kier alpha value is -1.26. The minimum Gasteiger partial charge on any atom is -0.480 e. The van der Waals surface area contributed by atoms with Gasteiger partial charge < -0.3 is 15.7 Å². The first-order chi connectivity index (χ1) is 8.61. The van der Waals surface area contributed by atoms with Gasteiger partial charge in [-0.15, -0.1) is 0 Å². The molecule has 3 aliphatic rings. The van der Waals surface area contributed by atoms with Crippen molar-refractivity contribution in [1.29, 1.82) is 0 Å². The van der Waals surface area contributed by atoms with Crippen molar-refractivity contribution in [2.75, 3.05) is 0 Å². The van der Waals surface area contributed by atoms with E-state index in [0.717, 1.165) is 11.8 Å². The Labute approximate surface area is 106 Å². The predicted octanol–water partition coefficient (Wildman–Crippen LogP) is 1.19. The predicted molar refractivity (Wildman–Crippen MR) is 65.0 cm³/mol. The first-order valence-electron chi connectivity index (χ1n) is 6.91. The van der Waals surface area contributed by atoms with Gasteiger partial charge in [0.2, 0.25) is 0 Å². The number of hydrogen-bond acceptors (Lipinski definition) is 2. The molecule has 5 atom stereocenters. The molecule has 100 valence electrons. The van der Waals surface area contributed by atoms with Gasteiger partial charge >= 0.3 is 12.0 Å². The van der Waals surface area contributed by atoms with E-state index in [2.05, 4.69) is 10.6 Å². The Kier molecular flexibility index (Phi) is 2.72. The summed E-state index contributed by atoms with van der Waals surface area (Å²) in [5, 5.41) is 14.4. The Morgan fingerprint density at radius 1 is 1.28 bits per heavy atom. The summed E-state index contributed by atoms with van der Waals surface area (Å²) in [6.45, 7) is 1.76. The zero-order chi connectivity index (χ0) is 12.9. The maximum atomic E-state index is 11.7. The molecule has 0 radical (unpaired) electrons. The van der Waals surface area contributed by atoms with E-state index in [1.54, 1.807) is 6.92 Å². The minimum atomic E-state index is -0.969. The molecule has 0 aromatic heterocycles. The molecule has 0 heterocycles. The second-order valence-electron chi connectivity index (χ2n) is 5.93. The number of rotatable bonds is 4. The van der Waals surface area contributed by atoms with Crippen molar-refractivity contribution in [2.45, 2.75) is 44.7 Å². The molecule has 4 unspecified atom stereocenters. The third-order valence-corrected chi connectivity index (χ3v) is 5.04. The van der Waals surface area contributed by atoms with Gasteiger partial charge in [-0.05, 0) is 49.4 Å². The van der Waals surface area contributed by atoms with Gasteiger partial charge in [0.15, 0.2) is 0 Å². The molecule has 5 nitrogen and oxygen atoms in total. The van der Waals surface area contributed by atoms with Crippen molar-refractivity contribution in [3.05, 3.63) is 0 Å². The molecule has 5 heteroatoms. The maximum Gasteiger partial charge on any atom is 0.326 e. The van der Waals surface area contributed by atoms with E-state index in [1.165, 1.54) is 19.3 Å². The van der Waals surface area contributed by atoms with E-state index in [1.807, 2.05) is 0 Å². The second kappa shape index (κ2) is 4.14. The van der Waals surface area contributed by atoms with Crippen LogP contribution in [-0.4, -0.2) is 29.2 Å². The molecule has 0 aromatic rings. The van der Waals surface area contributed by atoms with Gasteiger partial charge in [0.25, 0.3) is 0 Å². The van der Waals surface area contributed by atoms with Gasteiger partial charge in [-0.2, -0.15) is 0 Å². The largest absolute Gasteiger partial charge is 0.480 e. The molecule has 2 amide bonds. The Morgan fingerprint density at radius 3 is 2.39 bits per heavy atom. The number of carbonyl (C=O) groups excluding carboxylic acids is 1. The number of nitrogens with one attached hydrogen (secondary N) is 2. The highest BCUT2D eigenvalue weighted by atomic mass is 16.4. The van der Waals surface area contributed by atoms with Crippen molar-refractivity contribution in [3.8, 4) is 0 Å². The number of aliphatic carboxylic acids is 1. The summed E-state index contributed by atoms with van der Waals surface area (Å²) in [5.74, 6) is 2.01. The molecule has 3 fully saturated rings. The van der Waals surface area contributed by atoms with E-state index in [-0.39, 0.29) is 6.03 Å². The molecule has 0 aliphatic heterocycles. The lowest BCUT2D eigenvalue weighted by atomic mass is 10.0. The average molecular weight is 252 g/mol. The molecule has 2 bridgehead atoms. The molecule has 0 aromatic carbocycles. The van der Waals surface area contributed by atoms with Gasteiger partial charge in [-0.25, -0.2) is 9.59 Å². The van der Waals surface area contributed by atoms with Crippen LogP contribution in [0, 0.1) is 23.7 Å². The molecule has 0 saturated heterocycles. The average Bonchev–Trinajstić information content (AvgIpc) is 2.74. The number of carboxylic acid groups (broad SMARTS) is 1. The van der Waals surface area contributed by atoms with Gasteiger partial charge in [0.05, 0.1) is 0 Å². The fourth-order valence-corrected chi connectivity index (χ4v) is 4.21. The van der Waals surface area contributed by atoms with Crippen LogP contribution in [0.25, 0.3) is 0 Å². The molecular weight excluding hydrogens is 232 g/mol. The number of hydrogen-bond donors (Lipinski definition) is 3. The van der Waals surface area contributed by atoms with Crippen LogP contribution in [0.15, 0.2) is 0 Å². The monoisotopic (exact) mass is 252 g/mol. The quantitative estimate of drug-likeness (QED) is 0.703. The van der Waals surface area contributed by atoms with E-state index in [9.17, 15) is 9.59 Å².